The van der Waals surface area contributed by atoms with Crippen LogP contribution in [0.4, 0.5) is 4.39 Å². The first kappa shape index (κ1) is 21.4. The van der Waals surface area contributed by atoms with Gasteiger partial charge in [0.15, 0.2) is 18.1 Å². The third-order valence-corrected chi connectivity index (χ3v) is 8.66. The molecule has 164 valence electrons. The molecule has 0 unspecified atom stereocenters. The lowest BCUT2D eigenvalue weighted by molar-refractivity contribution is -0.217. The van der Waals surface area contributed by atoms with Gasteiger partial charge in [-0.15, -0.1) is 0 Å². The lowest BCUT2D eigenvalue weighted by atomic mass is 9.44. The highest BCUT2D eigenvalue weighted by atomic mass is 19.1. The number of aliphatic hydroxyl groups excluding tert-OH is 1. The van der Waals surface area contributed by atoms with E-state index in [1.54, 1.807) is 19.9 Å². The summed E-state index contributed by atoms with van der Waals surface area (Å²) >= 11 is 0. The normalized spacial score (nSPS) is 47.1. The van der Waals surface area contributed by atoms with Crippen molar-refractivity contribution in [1.29, 1.82) is 0 Å². The average Bonchev–Trinajstić information content (AvgIpc) is 2.94. The van der Waals surface area contributed by atoms with Crippen LogP contribution in [0.25, 0.3) is 0 Å². The zero-order chi connectivity index (χ0) is 22.1. The maximum Gasteiger partial charge on any atom is 0.303 e. The molecule has 3 saturated carbocycles. The molecule has 4 aliphatic carbocycles. The van der Waals surface area contributed by atoms with Gasteiger partial charge >= 0.3 is 5.97 Å². The molecule has 0 saturated heterocycles. The molecule has 3 fully saturated rings. The number of carbonyl (C=O) groups excluding carboxylic acids is 3. The van der Waals surface area contributed by atoms with E-state index in [4.69, 9.17) is 4.74 Å². The number of ketones is 2. The molecule has 0 spiro atoms. The number of halogens is 1. The summed E-state index contributed by atoms with van der Waals surface area (Å²) < 4.78 is 21.7. The Morgan fingerprint density at radius 2 is 1.97 bits per heavy atom. The number of hydrogen-bond donors (Lipinski definition) is 2. The standard InChI is InChI=1S/C23H29FO6/c1-13(25)30-12-19(28)22(29)9-7-16-17-5-4-14-10-15(26)6-8-20(14,2)23(17,24)18(27)11-21(16,22)3/h6,8,10,16-18,27,29H,4-5,7,9,11-12H2,1-3H3/t16-,17+,18+,20+,21+,22+,23+/m1/s1. The minimum Gasteiger partial charge on any atom is -0.458 e. The van der Waals surface area contributed by atoms with Crippen molar-refractivity contribution in [2.45, 2.75) is 70.2 Å². The van der Waals surface area contributed by atoms with Crippen molar-refractivity contribution < 1.29 is 33.7 Å². The maximum absolute atomic E-state index is 16.9. The van der Waals surface area contributed by atoms with Gasteiger partial charge < -0.3 is 14.9 Å². The number of rotatable bonds is 3. The zero-order valence-corrected chi connectivity index (χ0v) is 17.6. The van der Waals surface area contributed by atoms with Gasteiger partial charge in [-0.25, -0.2) is 4.39 Å². The molecular formula is C23H29FO6. The van der Waals surface area contributed by atoms with E-state index in [0.717, 1.165) is 0 Å². The lowest BCUT2D eigenvalue weighted by Gasteiger charge is -2.62. The molecule has 0 aliphatic heterocycles. The fourth-order valence-electron chi connectivity index (χ4n) is 6.96. The van der Waals surface area contributed by atoms with Crippen molar-refractivity contribution in [2.24, 2.45) is 22.7 Å². The molecule has 6 nitrogen and oxygen atoms in total. The summed E-state index contributed by atoms with van der Waals surface area (Å²) in [5, 5.41) is 22.6. The number of carbonyl (C=O) groups is 3. The van der Waals surface area contributed by atoms with E-state index < -0.39 is 52.5 Å². The van der Waals surface area contributed by atoms with Crippen LogP contribution >= 0.6 is 0 Å². The van der Waals surface area contributed by atoms with Crippen LogP contribution in [0.5, 0.6) is 0 Å². The number of allylic oxidation sites excluding steroid dienone is 4. The zero-order valence-electron chi connectivity index (χ0n) is 17.6. The molecule has 7 heteroatoms. The van der Waals surface area contributed by atoms with Crippen LogP contribution in [0.1, 0.15) is 52.9 Å². The van der Waals surface area contributed by atoms with Crippen molar-refractivity contribution in [3.05, 3.63) is 23.8 Å². The van der Waals surface area contributed by atoms with E-state index in [1.165, 1.54) is 19.1 Å². The van der Waals surface area contributed by atoms with Gasteiger partial charge in [-0.1, -0.05) is 18.6 Å². The molecule has 30 heavy (non-hydrogen) atoms. The van der Waals surface area contributed by atoms with E-state index in [0.29, 0.717) is 24.8 Å². The van der Waals surface area contributed by atoms with Gasteiger partial charge in [0.25, 0.3) is 0 Å². The number of esters is 1. The highest BCUT2D eigenvalue weighted by Crippen LogP contribution is 2.69. The van der Waals surface area contributed by atoms with Crippen LogP contribution in [0, 0.1) is 22.7 Å². The van der Waals surface area contributed by atoms with E-state index >= 15 is 4.39 Å². The molecule has 0 radical (unpaired) electrons. The summed E-state index contributed by atoms with van der Waals surface area (Å²) in [6.07, 6.45) is 4.47. The van der Waals surface area contributed by atoms with Crippen LogP contribution in [0.3, 0.4) is 0 Å². The molecule has 0 aromatic rings. The van der Waals surface area contributed by atoms with Crippen molar-refractivity contribution in [3.8, 4) is 0 Å². The summed E-state index contributed by atoms with van der Waals surface area (Å²) in [4.78, 5) is 35.8. The Morgan fingerprint density at radius 3 is 2.63 bits per heavy atom. The summed E-state index contributed by atoms with van der Waals surface area (Å²) in [6, 6.07) is 0. The molecule has 4 aliphatic rings. The number of Topliss-reactive ketones (excluding diaryl/α,β-unsaturated/α-hetero) is 1. The molecule has 0 amide bonds. The first-order valence-electron chi connectivity index (χ1n) is 10.6. The minimum absolute atomic E-state index is 0.0857. The molecule has 4 rings (SSSR count). The lowest BCUT2D eigenvalue weighted by Crippen LogP contribution is -2.69. The molecule has 0 aromatic heterocycles. The van der Waals surface area contributed by atoms with E-state index in [-0.39, 0.29) is 24.5 Å². The van der Waals surface area contributed by atoms with Crippen molar-refractivity contribution >= 4 is 17.5 Å². The van der Waals surface area contributed by atoms with Crippen LogP contribution in [0.15, 0.2) is 23.8 Å². The van der Waals surface area contributed by atoms with Crippen molar-refractivity contribution in [1.82, 2.24) is 0 Å². The monoisotopic (exact) mass is 420 g/mol. The molecule has 2 N–H and O–H groups in total. The molecule has 0 heterocycles. The van der Waals surface area contributed by atoms with Crippen LogP contribution in [-0.2, 0) is 19.1 Å². The summed E-state index contributed by atoms with van der Waals surface area (Å²) in [7, 11) is 0. The van der Waals surface area contributed by atoms with Gasteiger partial charge in [-0.2, -0.15) is 0 Å². The summed E-state index contributed by atoms with van der Waals surface area (Å²) in [5.74, 6) is -2.28. The van der Waals surface area contributed by atoms with Gasteiger partial charge in [0.05, 0.1) is 6.10 Å². The Balaban J connectivity index is 1.72. The summed E-state index contributed by atoms with van der Waals surface area (Å²) in [6.45, 7) is 4.12. The Kier molecular flexibility index (Phi) is 4.68. The topological polar surface area (TPSA) is 101 Å². The number of aliphatic hydroxyl groups is 2. The predicted molar refractivity (Wildman–Crippen MR) is 105 cm³/mol. The first-order valence-corrected chi connectivity index (χ1v) is 10.6. The van der Waals surface area contributed by atoms with Gasteiger partial charge in [0.2, 0.25) is 5.78 Å². The number of hydrogen-bond acceptors (Lipinski definition) is 6. The van der Waals surface area contributed by atoms with Crippen LogP contribution < -0.4 is 0 Å². The van der Waals surface area contributed by atoms with Crippen molar-refractivity contribution in [2.75, 3.05) is 6.61 Å². The van der Waals surface area contributed by atoms with Gasteiger partial charge in [0.1, 0.15) is 5.60 Å². The highest BCUT2D eigenvalue weighted by Gasteiger charge is 2.74. The largest absolute Gasteiger partial charge is 0.458 e. The molecule has 0 aromatic carbocycles. The second-order valence-electron chi connectivity index (χ2n) is 9.87. The Hall–Kier alpha value is -1.86. The third kappa shape index (κ3) is 2.51. The SMILES string of the molecule is CC(=O)OCC(=O)[C@@]1(O)CC[C@@H]2[C@@H]3CCC4=CC(=O)C=C[C@]4(C)[C@@]3(F)[C@@H](O)C[C@@]21C. The fourth-order valence-corrected chi connectivity index (χ4v) is 6.96. The highest BCUT2D eigenvalue weighted by molar-refractivity contribution is 6.01. The number of fused-ring (bicyclic) bond motifs is 5. The predicted octanol–water partition coefficient (Wildman–Crippen LogP) is 2.22. The Labute approximate surface area is 175 Å². The number of alkyl halides is 1. The van der Waals surface area contributed by atoms with Gasteiger partial charge in [-0.05, 0) is 57.1 Å². The number of ether oxygens (including phenoxy) is 1. The van der Waals surface area contributed by atoms with Crippen LogP contribution in [0.2, 0.25) is 0 Å². The first-order chi connectivity index (χ1) is 13.9. The van der Waals surface area contributed by atoms with Crippen LogP contribution in [-0.4, -0.2) is 51.7 Å². The summed E-state index contributed by atoms with van der Waals surface area (Å²) in [5.41, 5.74) is -5.23. The fraction of sp³-hybridized carbons (Fsp3) is 0.696. The van der Waals surface area contributed by atoms with Crippen molar-refractivity contribution in [3.63, 3.8) is 0 Å². The van der Waals surface area contributed by atoms with E-state index in [9.17, 15) is 24.6 Å². The maximum atomic E-state index is 16.9. The third-order valence-electron chi connectivity index (χ3n) is 8.66. The molecule has 7 atom stereocenters. The average molecular weight is 420 g/mol. The molecule has 0 bridgehead atoms. The second kappa shape index (κ2) is 6.57. The molecular weight excluding hydrogens is 391 g/mol. The van der Waals surface area contributed by atoms with E-state index in [1.807, 2.05) is 0 Å². The quantitative estimate of drug-likeness (QED) is 0.679. The van der Waals surface area contributed by atoms with Gasteiger partial charge in [0, 0.05) is 23.7 Å². The minimum atomic E-state index is -2.00. The smallest absolute Gasteiger partial charge is 0.303 e. The second-order valence-corrected chi connectivity index (χ2v) is 9.87. The Bertz CT molecular complexity index is 879. The van der Waals surface area contributed by atoms with E-state index in [2.05, 4.69) is 0 Å². The van der Waals surface area contributed by atoms with Gasteiger partial charge in [-0.3, -0.25) is 14.4 Å². The Morgan fingerprint density at radius 1 is 1.27 bits per heavy atom.